The molecule has 2 N–H and O–H groups in total. The van der Waals surface area contributed by atoms with Crippen LogP contribution >= 0.6 is 11.6 Å². The van der Waals surface area contributed by atoms with Crippen molar-refractivity contribution < 1.29 is 8.60 Å². The molecule has 1 atom stereocenters. The summed E-state index contributed by atoms with van der Waals surface area (Å²) in [4.78, 5) is 0.592. The summed E-state index contributed by atoms with van der Waals surface area (Å²) in [6, 6.07) is 11.5. The molecule has 2 nitrogen and oxygen atoms in total. The summed E-state index contributed by atoms with van der Waals surface area (Å²) in [5.74, 6) is -0.254. The summed E-state index contributed by atoms with van der Waals surface area (Å²) in [5, 5.41) is 0.518. The number of hydrogen-bond donors (Lipinski definition) is 1. The molecule has 0 saturated heterocycles. The maximum absolute atomic E-state index is 13.8. The van der Waals surface area contributed by atoms with Gasteiger partial charge in [-0.15, -0.1) is 0 Å². The second kappa shape index (κ2) is 6.28. The summed E-state index contributed by atoms with van der Waals surface area (Å²) < 4.78 is 25.9. The molecule has 0 fully saturated rings. The largest absolute Gasteiger partial charge is 0.326 e. The average molecular weight is 298 g/mol. The van der Waals surface area contributed by atoms with Crippen LogP contribution in [0.2, 0.25) is 5.02 Å². The first kappa shape index (κ1) is 14.2. The lowest BCUT2D eigenvalue weighted by molar-refractivity contribution is 0.613. The Balaban J connectivity index is 2.19. The van der Waals surface area contributed by atoms with E-state index in [1.165, 1.54) is 6.07 Å². The molecular weight excluding hydrogens is 285 g/mol. The van der Waals surface area contributed by atoms with Gasteiger partial charge in [0.15, 0.2) is 0 Å². The predicted molar refractivity (Wildman–Crippen MR) is 75.9 cm³/mol. The molecule has 1 unspecified atom stereocenters. The van der Waals surface area contributed by atoms with Gasteiger partial charge in [-0.05, 0) is 29.8 Å². The van der Waals surface area contributed by atoms with Crippen molar-refractivity contribution in [3.05, 3.63) is 64.4 Å². The van der Waals surface area contributed by atoms with Crippen molar-refractivity contribution in [1.82, 2.24) is 0 Å². The molecule has 100 valence electrons. The molecule has 2 aromatic carbocycles. The molecule has 0 aliphatic heterocycles. The zero-order valence-electron chi connectivity index (χ0n) is 10.1. The highest BCUT2D eigenvalue weighted by molar-refractivity contribution is 7.84. The van der Waals surface area contributed by atoms with Crippen LogP contribution in [-0.2, 0) is 23.1 Å². The minimum absolute atomic E-state index is 0.122. The van der Waals surface area contributed by atoms with Crippen molar-refractivity contribution in [2.75, 3.05) is 0 Å². The van der Waals surface area contributed by atoms with Crippen molar-refractivity contribution in [2.45, 2.75) is 17.2 Å². The molecule has 0 amide bonds. The Morgan fingerprint density at radius 3 is 2.63 bits per heavy atom. The Morgan fingerprint density at radius 1 is 1.21 bits per heavy atom. The van der Waals surface area contributed by atoms with Gasteiger partial charge >= 0.3 is 0 Å². The van der Waals surface area contributed by atoms with Crippen molar-refractivity contribution in [1.29, 1.82) is 0 Å². The van der Waals surface area contributed by atoms with Crippen LogP contribution in [0.3, 0.4) is 0 Å². The quantitative estimate of drug-likeness (QED) is 0.941. The Morgan fingerprint density at radius 2 is 2.00 bits per heavy atom. The zero-order chi connectivity index (χ0) is 13.8. The third kappa shape index (κ3) is 3.62. The number of halogens is 2. The van der Waals surface area contributed by atoms with Gasteiger partial charge in [0.1, 0.15) is 5.82 Å². The maximum Gasteiger partial charge on any atom is 0.127 e. The fraction of sp³-hybridized carbons (Fsp3) is 0.143. The molecule has 0 saturated carbocycles. The first-order valence-corrected chi connectivity index (χ1v) is 7.41. The van der Waals surface area contributed by atoms with Gasteiger partial charge in [-0.25, -0.2) is 4.39 Å². The normalized spacial score (nSPS) is 12.4. The summed E-state index contributed by atoms with van der Waals surface area (Å²) in [5.41, 5.74) is 6.57. The highest BCUT2D eigenvalue weighted by Crippen LogP contribution is 2.19. The zero-order valence-corrected chi connectivity index (χ0v) is 11.7. The highest BCUT2D eigenvalue weighted by atomic mass is 35.5. The molecule has 0 aliphatic rings. The van der Waals surface area contributed by atoms with E-state index in [2.05, 4.69) is 0 Å². The standard InChI is InChI=1S/C14H13ClFNOS/c15-12-2-1-3-13(7-12)19(18)9-11-5-4-10(8-17)6-14(11)16/h1-7H,8-9,17H2. The van der Waals surface area contributed by atoms with E-state index in [1.807, 2.05) is 0 Å². The van der Waals surface area contributed by atoms with Gasteiger partial charge in [0.05, 0.1) is 16.6 Å². The predicted octanol–water partition coefficient (Wildman–Crippen LogP) is 3.25. The van der Waals surface area contributed by atoms with E-state index >= 15 is 0 Å². The van der Waals surface area contributed by atoms with Gasteiger partial charge < -0.3 is 5.73 Å². The average Bonchev–Trinajstić information content (AvgIpc) is 2.41. The molecule has 0 spiro atoms. The van der Waals surface area contributed by atoms with Crippen molar-refractivity contribution >= 4 is 22.4 Å². The van der Waals surface area contributed by atoms with Crippen LogP contribution < -0.4 is 5.73 Å². The van der Waals surface area contributed by atoms with Crippen LogP contribution in [0.5, 0.6) is 0 Å². The van der Waals surface area contributed by atoms with Crippen LogP contribution in [0.25, 0.3) is 0 Å². The fourth-order valence-corrected chi connectivity index (χ4v) is 3.10. The topological polar surface area (TPSA) is 43.1 Å². The molecule has 0 bridgehead atoms. The van der Waals surface area contributed by atoms with Crippen molar-refractivity contribution in [3.63, 3.8) is 0 Å². The van der Waals surface area contributed by atoms with Gasteiger partial charge in [-0.2, -0.15) is 0 Å². The Bertz CT molecular complexity index is 618. The third-order valence-electron chi connectivity index (χ3n) is 2.70. The number of nitrogens with two attached hydrogens (primary N) is 1. The second-order valence-corrected chi connectivity index (χ2v) is 5.96. The molecule has 5 heteroatoms. The number of hydrogen-bond acceptors (Lipinski definition) is 2. The minimum Gasteiger partial charge on any atom is -0.326 e. The molecule has 0 aromatic heterocycles. The number of benzene rings is 2. The van der Waals surface area contributed by atoms with Gasteiger partial charge in [-0.1, -0.05) is 29.8 Å². The lowest BCUT2D eigenvalue weighted by atomic mass is 10.1. The van der Waals surface area contributed by atoms with Crippen LogP contribution in [0.15, 0.2) is 47.4 Å². The lowest BCUT2D eigenvalue weighted by Crippen LogP contribution is -2.02. The van der Waals surface area contributed by atoms with E-state index < -0.39 is 10.8 Å². The molecule has 19 heavy (non-hydrogen) atoms. The Kier molecular flexibility index (Phi) is 4.69. The summed E-state index contributed by atoms with van der Waals surface area (Å²) in [6.07, 6.45) is 0. The molecular formula is C14H13ClFNOS. The molecule has 2 rings (SSSR count). The van der Waals surface area contributed by atoms with E-state index in [-0.39, 0.29) is 18.1 Å². The first-order valence-electron chi connectivity index (χ1n) is 5.71. The summed E-state index contributed by atoms with van der Waals surface area (Å²) >= 11 is 5.84. The van der Waals surface area contributed by atoms with E-state index in [0.29, 0.717) is 15.5 Å². The smallest absolute Gasteiger partial charge is 0.127 e. The van der Waals surface area contributed by atoms with E-state index in [0.717, 1.165) is 5.56 Å². The Labute approximate surface area is 118 Å². The first-order chi connectivity index (χ1) is 9.10. The fourth-order valence-electron chi connectivity index (χ4n) is 1.67. The van der Waals surface area contributed by atoms with Crippen molar-refractivity contribution in [2.24, 2.45) is 5.73 Å². The van der Waals surface area contributed by atoms with Gasteiger partial charge in [0.2, 0.25) is 0 Å². The second-order valence-electron chi connectivity index (χ2n) is 4.08. The lowest BCUT2D eigenvalue weighted by Gasteiger charge is -2.06. The monoisotopic (exact) mass is 297 g/mol. The van der Waals surface area contributed by atoms with E-state index in [1.54, 1.807) is 36.4 Å². The number of rotatable bonds is 4. The molecule has 2 aromatic rings. The Hall–Kier alpha value is -1.23. The SMILES string of the molecule is NCc1ccc(CS(=O)c2cccc(Cl)c2)c(F)c1. The summed E-state index contributed by atoms with van der Waals surface area (Å²) in [7, 11) is -1.32. The highest BCUT2D eigenvalue weighted by Gasteiger charge is 2.10. The van der Waals surface area contributed by atoms with E-state index in [9.17, 15) is 8.60 Å². The van der Waals surface area contributed by atoms with Gasteiger partial charge in [-0.3, -0.25) is 4.21 Å². The third-order valence-corrected chi connectivity index (χ3v) is 4.29. The molecule has 0 aliphatic carbocycles. The van der Waals surface area contributed by atoms with Crippen molar-refractivity contribution in [3.8, 4) is 0 Å². The van der Waals surface area contributed by atoms with Gasteiger partial charge in [0.25, 0.3) is 0 Å². The molecule has 0 heterocycles. The van der Waals surface area contributed by atoms with Crippen LogP contribution in [-0.4, -0.2) is 4.21 Å². The maximum atomic E-state index is 13.8. The van der Waals surface area contributed by atoms with Crippen LogP contribution in [0.4, 0.5) is 4.39 Å². The summed E-state index contributed by atoms with van der Waals surface area (Å²) in [6.45, 7) is 0.286. The van der Waals surface area contributed by atoms with Crippen LogP contribution in [0.1, 0.15) is 11.1 Å². The van der Waals surface area contributed by atoms with Gasteiger partial charge in [0, 0.05) is 22.0 Å². The minimum atomic E-state index is -1.32. The molecule has 0 radical (unpaired) electrons. The van der Waals surface area contributed by atoms with Crippen LogP contribution in [0, 0.1) is 5.82 Å². The van der Waals surface area contributed by atoms with E-state index in [4.69, 9.17) is 17.3 Å².